The molecule has 0 aliphatic heterocycles. The molecule has 0 spiro atoms. The summed E-state index contributed by atoms with van der Waals surface area (Å²) in [5.74, 6) is -0.838. The van der Waals surface area contributed by atoms with Crippen LogP contribution >= 0.6 is 7.82 Å². The largest absolute Gasteiger partial charge is 0.756 e. The molecule has 0 aliphatic rings. The molecule has 0 radical (unpaired) electrons. The molecule has 0 saturated heterocycles. The third kappa shape index (κ3) is 41.3. The van der Waals surface area contributed by atoms with Gasteiger partial charge in [-0.15, -0.1) is 0 Å². The summed E-state index contributed by atoms with van der Waals surface area (Å²) in [5.41, 5.74) is 0. The van der Waals surface area contributed by atoms with Gasteiger partial charge in [0.2, 0.25) is 0 Å². The zero-order chi connectivity index (χ0) is 42.3. The predicted octanol–water partition coefficient (Wildman–Crippen LogP) is 11.0. The molecule has 0 saturated carbocycles. The second kappa shape index (κ2) is 37.6. The van der Waals surface area contributed by atoms with Gasteiger partial charge in [0.1, 0.15) is 19.8 Å². The molecule has 11 heteroatoms. The molecule has 0 aliphatic carbocycles. The van der Waals surface area contributed by atoms with E-state index in [1.54, 1.807) is 6.08 Å². The Labute approximate surface area is 347 Å². The van der Waals surface area contributed by atoms with E-state index in [0.717, 1.165) is 70.6 Å². The average molecular weight is 822 g/mol. The van der Waals surface area contributed by atoms with Crippen molar-refractivity contribution in [2.24, 2.45) is 0 Å². The van der Waals surface area contributed by atoms with Crippen LogP contribution in [-0.2, 0) is 37.5 Å². The summed E-state index contributed by atoms with van der Waals surface area (Å²) in [4.78, 5) is 49.6. The Balaban J connectivity index is 4.50. The molecule has 328 valence electrons. The van der Waals surface area contributed by atoms with Crippen LogP contribution in [0.2, 0.25) is 0 Å². The number of phosphoric acid groups is 1. The van der Waals surface area contributed by atoms with Crippen molar-refractivity contribution >= 4 is 25.5 Å². The fraction of sp³-hybridized carbons (Fsp3) is 0.717. The van der Waals surface area contributed by atoms with Crippen LogP contribution in [0.25, 0.3) is 0 Å². The number of nitrogens with zero attached hydrogens (tertiary/aromatic N) is 1. The van der Waals surface area contributed by atoms with Crippen LogP contribution in [0.1, 0.15) is 162 Å². The summed E-state index contributed by atoms with van der Waals surface area (Å²) < 4.78 is 33.8. The van der Waals surface area contributed by atoms with Gasteiger partial charge in [0, 0.05) is 19.3 Å². The summed E-state index contributed by atoms with van der Waals surface area (Å²) in [7, 11) is 1.07. The highest BCUT2D eigenvalue weighted by Gasteiger charge is 2.21. The molecule has 1 unspecified atom stereocenters. The fourth-order valence-electron chi connectivity index (χ4n) is 5.46. The minimum absolute atomic E-state index is 0.0576. The Morgan fingerprint density at radius 3 is 1.70 bits per heavy atom. The average Bonchev–Trinajstić information content (AvgIpc) is 3.15. The quantitative estimate of drug-likeness (QED) is 0.0113. The summed E-state index contributed by atoms with van der Waals surface area (Å²) in [6, 6.07) is 0. The number of esters is 2. The topological polar surface area (TPSA) is 128 Å². The van der Waals surface area contributed by atoms with Crippen LogP contribution in [0, 0.1) is 0 Å². The van der Waals surface area contributed by atoms with Crippen molar-refractivity contribution in [1.29, 1.82) is 0 Å². The van der Waals surface area contributed by atoms with Gasteiger partial charge in [0.15, 0.2) is 11.9 Å². The lowest BCUT2D eigenvalue weighted by Gasteiger charge is -2.28. The highest BCUT2D eigenvalue weighted by Crippen LogP contribution is 2.38. The van der Waals surface area contributed by atoms with Gasteiger partial charge in [-0.25, -0.2) is 0 Å². The van der Waals surface area contributed by atoms with E-state index in [2.05, 4.69) is 56.4 Å². The number of carbonyl (C=O) groups excluding carboxylic acids is 3. The number of unbranched alkanes of at least 4 members (excludes halogenated alkanes) is 14. The molecule has 0 amide bonds. The van der Waals surface area contributed by atoms with E-state index in [0.29, 0.717) is 30.3 Å². The molecule has 0 aromatic heterocycles. The molecular formula is C46H80NO9P. The highest BCUT2D eigenvalue weighted by atomic mass is 31.2. The van der Waals surface area contributed by atoms with Gasteiger partial charge in [-0.05, 0) is 76.7 Å². The van der Waals surface area contributed by atoms with Crippen molar-refractivity contribution in [2.75, 3.05) is 47.5 Å². The number of quaternary nitrogens is 1. The summed E-state index contributed by atoms with van der Waals surface area (Å²) >= 11 is 0. The van der Waals surface area contributed by atoms with Gasteiger partial charge in [-0.3, -0.25) is 18.9 Å². The number of carbonyl (C=O) groups is 3. The van der Waals surface area contributed by atoms with Gasteiger partial charge in [-0.1, -0.05) is 126 Å². The van der Waals surface area contributed by atoms with E-state index in [4.69, 9.17) is 18.5 Å². The van der Waals surface area contributed by atoms with Crippen molar-refractivity contribution in [3.63, 3.8) is 0 Å². The number of likely N-dealkylation sites (N-methyl/N-ethyl adjacent to an activating group) is 1. The van der Waals surface area contributed by atoms with E-state index < -0.39 is 32.5 Å². The first kappa shape index (κ1) is 54.4. The summed E-state index contributed by atoms with van der Waals surface area (Å²) in [6.07, 6.45) is 40.6. The summed E-state index contributed by atoms with van der Waals surface area (Å²) in [6.45, 7) is 3.96. The van der Waals surface area contributed by atoms with Crippen molar-refractivity contribution in [3.8, 4) is 0 Å². The number of ketones is 1. The maximum absolute atomic E-state index is 12.7. The maximum atomic E-state index is 12.7. The van der Waals surface area contributed by atoms with Crippen LogP contribution in [-0.4, -0.2) is 75.8 Å². The van der Waals surface area contributed by atoms with Crippen LogP contribution in [0.15, 0.2) is 60.8 Å². The minimum atomic E-state index is -4.66. The van der Waals surface area contributed by atoms with Gasteiger partial charge < -0.3 is 27.9 Å². The van der Waals surface area contributed by atoms with Crippen molar-refractivity contribution in [3.05, 3.63) is 60.8 Å². The van der Waals surface area contributed by atoms with Crippen molar-refractivity contribution in [1.82, 2.24) is 0 Å². The Hall–Kier alpha value is -2.62. The second-order valence-electron chi connectivity index (χ2n) is 15.7. The van der Waals surface area contributed by atoms with Gasteiger partial charge in [0.25, 0.3) is 7.82 Å². The number of hydrogen-bond donors (Lipinski definition) is 0. The Morgan fingerprint density at radius 1 is 0.596 bits per heavy atom. The molecule has 0 fully saturated rings. The Kier molecular flexibility index (Phi) is 35.9. The monoisotopic (exact) mass is 822 g/mol. The molecular weight excluding hydrogens is 741 g/mol. The van der Waals surface area contributed by atoms with Gasteiger partial charge in [0.05, 0.1) is 27.7 Å². The SMILES string of the molecule is CCCCC/C=C\C=C\C(=O)CCCCCCCC(=O)OC[C@H](COP(=O)([O-])OCC[N+](C)(C)C)OC(=O)CCCCCC/C=C\C/C=C\C/C=C\CCCCC. The number of phosphoric ester groups is 1. The molecule has 0 aromatic carbocycles. The van der Waals surface area contributed by atoms with Crippen LogP contribution < -0.4 is 4.89 Å². The second-order valence-corrected chi connectivity index (χ2v) is 17.1. The first-order chi connectivity index (χ1) is 27.4. The van der Waals surface area contributed by atoms with Crippen molar-refractivity contribution in [2.45, 2.75) is 168 Å². The first-order valence-electron chi connectivity index (χ1n) is 21.9. The number of allylic oxidation sites excluding steroid dienone is 10. The molecule has 10 nitrogen and oxygen atoms in total. The minimum Gasteiger partial charge on any atom is -0.756 e. The van der Waals surface area contributed by atoms with E-state index in [9.17, 15) is 23.8 Å². The Morgan fingerprint density at radius 2 is 1.11 bits per heavy atom. The normalized spacial score (nSPS) is 14.1. The van der Waals surface area contributed by atoms with Crippen molar-refractivity contribution < 1.29 is 46.8 Å². The zero-order valence-corrected chi connectivity index (χ0v) is 37.4. The van der Waals surface area contributed by atoms with E-state index >= 15 is 0 Å². The molecule has 57 heavy (non-hydrogen) atoms. The lowest BCUT2D eigenvalue weighted by molar-refractivity contribution is -0.870. The number of rotatable bonds is 39. The first-order valence-corrected chi connectivity index (χ1v) is 23.4. The van der Waals surface area contributed by atoms with Gasteiger partial charge >= 0.3 is 11.9 Å². The van der Waals surface area contributed by atoms with Crippen LogP contribution in [0.3, 0.4) is 0 Å². The lowest BCUT2D eigenvalue weighted by atomic mass is 10.1. The molecule has 2 atom stereocenters. The van der Waals surface area contributed by atoms with Crippen LogP contribution in [0.4, 0.5) is 0 Å². The van der Waals surface area contributed by atoms with E-state index in [1.165, 1.54) is 44.9 Å². The maximum Gasteiger partial charge on any atom is 0.306 e. The molecule has 0 aromatic rings. The lowest BCUT2D eigenvalue weighted by Crippen LogP contribution is -2.37. The van der Waals surface area contributed by atoms with Crippen LogP contribution in [0.5, 0.6) is 0 Å². The number of hydrogen-bond acceptors (Lipinski definition) is 9. The van der Waals surface area contributed by atoms with E-state index in [-0.39, 0.29) is 31.8 Å². The third-order valence-electron chi connectivity index (χ3n) is 8.99. The standard InChI is InChI=1S/C46H80NO9P/c1-6-8-10-12-14-15-16-17-18-19-20-21-22-23-25-29-34-38-46(50)56-44(42-55-57(51,52)54-40-39-47(3,4)5)41-53-45(49)37-33-30-26-28-32-36-43(48)35-31-27-24-13-11-9-7-2/h14-15,17-18,20-21,24,27,31,35,44H,6-13,16,19,22-23,25-26,28-30,32-34,36-42H2,1-5H3/b15-14-,18-17-,21-20-,27-24-,35-31+/t44-/m1/s1. The van der Waals surface area contributed by atoms with E-state index in [1.807, 2.05) is 33.3 Å². The molecule has 0 bridgehead atoms. The Bertz CT molecular complexity index is 1220. The third-order valence-corrected chi connectivity index (χ3v) is 9.95. The molecule has 0 heterocycles. The zero-order valence-electron chi connectivity index (χ0n) is 36.5. The predicted molar refractivity (Wildman–Crippen MR) is 231 cm³/mol. The number of ether oxygens (including phenoxy) is 2. The molecule has 0 rings (SSSR count). The fourth-order valence-corrected chi connectivity index (χ4v) is 6.19. The van der Waals surface area contributed by atoms with Gasteiger partial charge in [-0.2, -0.15) is 0 Å². The molecule has 0 N–H and O–H groups in total. The smallest absolute Gasteiger partial charge is 0.306 e. The highest BCUT2D eigenvalue weighted by molar-refractivity contribution is 7.45. The summed E-state index contributed by atoms with van der Waals surface area (Å²) in [5, 5.41) is 0.